The van der Waals surface area contributed by atoms with Crippen molar-refractivity contribution in [2.24, 2.45) is 0 Å². The highest BCUT2D eigenvalue weighted by Crippen LogP contribution is 2.34. The van der Waals surface area contributed by atoms with Crippen LogP contribution in [-0.2, 0) is 12.8 Å². The van der Waals surface area contributed by atoms with E-state index >= 15 is 0 Å². The van der Waals surface area contributed by atoms with E-state index < -0.39 is 0 Å². The molecule has 1 aliphatic rings. The van der Waals surface area contributed by atoms with Crippen molar-refractivity contribution in [2.75, 3.05) is 0 Å². The second-order valence-corrected chi connectivity index (χ2v) is 6.20. The monoisotopic (exact) mass is 317 g/mol. The van der Waals surface area contributed by atoms with Crippen LogP contribution in [0.3, 0.4) is 0 Å². The Bertz CT molecular complexity index is 846. The smallest absolute Gasteiger partial charge is 0.0485 e. The molecule has 0 saturated carbocycles. The number of fused-ring (bicyclic) bond motifs is 2. The third-order valence-electron chi connectivity index (χ3n) is 4.28. The lowest BCUT2D eigenvalue weighted by atomic mass is 9.93. The first-order chi connectivity index (χ1) is 11.3. The van der Waals surface area contributed by atoms with Gasteiger partial charge in [0.2, 0.25) is 0 Å². The lowest BCUT2D eigenvalue weighted by molar-refractivity contribution is 0.918. The fraction of sp³-hybridized carbons (Fsp3) is 0.0952. The zero-order valence-electron chi connectivity index (χ0n) is 12.7. The minimum absolute atomic E-state index is 0.757. The van der Waals surface area contributed by atoms with Crippen molar-refractivity contribution in [3.05, 3.63) is 99.8 Å². The summed E-state index contributed by atoms with van der Waals surface area (Å²) in [5.74, 6) is 0. The van der Waals surface area contributed by atoms with Gasteiger partial charge in [-0.25, -0.2) is 0 Å². The van der Waals surface area contributed by atoms with Crippen LogP contribution in [0.15, 0.2) is 66.9 Å². The van der Waals surface area contributed by atoms with E-state index in [1.807, 2.05) is 30.5 Å². The predicted octanol–water partition coefficient (Wildman–Crippen LogP) is 5.42. The standard InChI is InChI=1S/C21H16ClN/c22-17-7-3-5-15(13-17)14-20-18-8-2-1-6-16(18)10-11-21-19(20)9-4-12-23-21/h1-9,12-14H,10-11H2. The number of aromatic nitrogens is 1. The van der Waals surface area contributed by atoms with Crippen LogP contribution < -0.4 is 0 Å². The van der Waals surface area contributed by atoms with Crippen LogP contribution in [-0.4, -0.2) is 4.98 Å². The lowest BCUT2D eigenvalue weighted by Crippen LogP contribution is -1.95. The Labute approximate surface area is 141 Å². The second-order valence-electron chi connectivity index (χ2n) is 5.77. The van der Waals surface area contributed by atoms with Crippen molar-refractivity contribution >= 4 is 23.3 Å². The van der Waals surface area contributed by atoms with E-state index in [1.165, 1.54) is 22.3 Å². The van der Waals surface area contributed by atoms with Gasteiger partial charge in [0.25, 0.3) is 0 Å². The average Bonchev–Trinajstić information content (AvgIpc) is 2.73. The molecule has 0 bridgehead atoms. The molecule has 0 radical (unpaired) electrons. The second kappa shape index (κ2) is 6.02. The van der Waals surface area contributed by atoms with Crippen molar-refractivity contribution in [1.29, 1.82) is 0 Å². The number of nitrogens with zero attached hydrogens (tertiary/aromatic N) is 1. The van der Waals surface area contributed by atoms with Gasteiger partial charge in [-0.2, -0.15) is 0 Å². The molecule has 1 aliphatic carbocycles. The van der Waals surface area contributed by atoms with E-state index in [4.69, 9.17) is 11.6 Å². The zero-order chi connectivity index (χ0) is 15.6. The third-order valence-corrected chi connectivity index (χ3v) is 4.51. The highest BCUT2D eigenvalue weighted by atomic mass is 35.5. The molecule has 23 heavy (non-hydrogen) atoms. The quantitative estimate of drug-likeness (QED) is 0.583. The number of aryl methyl sites for hydroxylation is 2. The summed E-state index contributed by atoms with van der Waals surface area (Å²) in [5, 5.41) is 0.757. The van der Waals surface area contributed by atoms with Crippen LogP contribution in [0, 0.1) is 0 Å². The van der Waals surface area contributed by atoms with Crippen molar-refractivity contribution in [3.8, 4) is 0 Å². The fourth-order valence-corrected chi connectivity index (χ4v) is 3.40. The molecule has 112 valence electrons. The largest absolute Gasteiger partial charge is 0.261 e. The Kier molecular flexibility index (Phi) is 3.72. The Morgan fingerprint density at radius 2 is 1.74 bits per heavy atom. The van der Waals surface area contributed by atoms with Crippen LogP contribution in [0.5, 0.6) is 0 Å². The molecular weight excluding hydrogens is 302 g/mol. The molecule has 0 fully saturated rings. The maximum absolute atomic E-state index is 6.15. The molecule has 3 aromatic rings. The predicted molar refractivity (Wildman–Crippen MR) is 96.5 cm³/mol. The molecule has 0 spiro atoms. The molecule has 2 heteroatoms. The minimum atomic E-state index is 0.757. The van der Waals surface area contributed by atoms with E-state index in [9.17, 15) is 0 Å². The number of pyridine rings is 1. The summed E-state index contributed by atoms with van der Waals surface area (Å²) in [6, 6.07) is 20.8. The minimum Gasteiger partial charge on any atom is -0.261 e. The highest BCUT2D eigenvalue weighted by Gasteiger charge is 2.18. The van der Waals surface area contributed by atoms with Gasteiger partial charge in [-0.05, 0) is 59.4 Å². The van der Waals surface area contributed by atoms with Gasteiger partial charge in [-0.15, -0.1) is 0 Å². The van der Waals surface area contributed by atoms with E-state index in [0.29, 0.717) is 0 Å². The van der Waals surface area contributed by atoms with Crippen LogP contribution in [0.4, 0.5) is 0 Å². The third kappa shape index (κ3) is 2.80. The molecular formula is C21H16ClN. The van der Waals surface area contributed by atoms with E-state index in [0.717, 1.165) is 29.1 Å². The average molecular weight is 318 g/mol. The van der Waals surface area contributed by atoms with Crippen LogP contribution in [0.2, 0.25) is 5.02 Å². The topological polar surface area (TPSA) is 12.9 Å². The molecule has 0 aliphatic heterocycles. The SMILES string of the molecule is Clc1cccc(C=C2c3ccccc3CCc3ncccc32)c1. The highest BCUT2D eigenvalue weighted by molar-refractivity contribution is 6.30. The molecule has 1 heterocycles. The van der Waals surface area contributed by atoms with Gasteiger partial charge in [0, 0.05) is 22.5 Å². The van der Waals surface area contributed by atoms with Gasteiger partial charge in [0.1, 0.15) is 0 Å². The molecule has 0 saturated heterocycles. The first kappa shape index (κ1) is 14.2. The normalized spacial score (nSPS) is 14.9. The van der Waals surface area contributed by atoms with Crippen LogP contribution in [0.25, 0.3) is 11.6 Å². The number of benzene rings is 2. The molecule has 0 unspecified atom stereocenters. The maximum Gasteiger partial charge on any atom is 0.0485 e. The van der Waals surface area contributed by atoms with E-state index in [1.54, 1.807) is 0 Å². The number of hydrogen-bond acceptors (Lipinski definition) is 1. The molecule has 0 atom stereocenters. The van der Waals surface area contributed by atoms with Gasteiger partial charge in [0.15, 0.2) is 0 Å². The van der Waals surface area contributed by atoms with Crippen LogP contribution in [0.1, 0.15) is 27.9 Å². The van der Waals surface area contributed by atoms with Crippen LogP contribution >= 0.6 is 11.6 Å². The number of rotatable bonds is 1. The van der Waals surface area contributed by atoms with E-state index in [-0.39, 0.29) is 0 Å². The first-order valence-corrected chi connectivity index (χ1v) is 8.19. The van der Waals surface area contributed by atoms with Crippen molar-refractivity contribution in [2.45, 2.75) is 12.8 Å². The van der Waals surface area contributed by atoms with Crippen molar-refractivity contribution in [1.82, 2.24) is 4.98 Å². The molecule has 0 N–H and O–H groups in total. The van der Waals surface area contributed by atoms with Gasteiger partial charge in [-0.1, -0.05) is 54.1 Å². The summed E-state index contributed by atoms with van der Waals surface area (Å²) >= 11 is 6.15. The summed E-state index contributed by atoms with van der Waals surface area (Å²) in [6.45, 7) is 0. The molecule has 1 aromatic heterocycles. The lowest BCUT2D eigenvalue weighted by Gasteiger charge is -2.11. The molecule has 2 aromatic carbocycles. The molecule has 4 rings (SSSR count). The van der Waals surface area contributed by atoms with E-state index in [2.05, 4.69) is 47.5 Å². The Balaban J connectivity index is 1.97. The number of halogens is 1. The first-order valence-electron chi connectivity index (χ1n) is 7.81. The Hall–Kier alpha value is -2.38. The summed E-state index contributed by atoms with van der Waals surface area (Å²) in [7, 11) is 0. The maximum atomic E-state index is 6.15. The van der Waals surface area contributed by atoms with Gasteiger partial charge < -0.3 is 0 Å². The Morgan fingerprint density at radius 1 is 0.870 bits per heavy atom. The number of hydrogen-bond donors (Lipinski definition) is 0. The fourth-order valence-electron chi connectivity index (χ4n) is 3.20. The molecule has 0 amide bonds. The summed E-state index contributed by atoms with van der Waals surface area (Å²) in [4.78, 5) is 4.60. The Morgan fingerprint density at radius 3 is 2.65 bits per heavy atom. The summed E-state index contributed by atoms with van der Waals surface area (Å²) in [5.41, 5.74) is 7.38. The van der Waals surface area contributed by atoms with Gasteiger partial charge in [0.05, 0.1) is 0 Å². The van der Waals surface area contributed by atoms with Gasteiger partial charge in [-0.3, -0.25) is 4.98 Å². The molecule has 1 nitrogen and oxygen atoms in total. The van der Waals surface area contributed by atoms with Gasteiger partial charge >= 0.3 is 0 Å². The summed E-state index contributed by atoms with van der Waals surface area (Å²) in [6.07, 6.45) is 6.09. The van der Waals surface area contributed by atoms with Crippen molar-refractivity contribution < 1.29 is 0 Å². The zero-order valence-corrected chi connectivity index (χ0v) is 13.4. The summed E-state index contributed by atoms with van der Waals surface area (Å²) < 4.78 is 0. The van der Waals surface area contributed by atoms with Crippen molar-refractivity contribution in [3.63, 3.8) is 0 Å².